The van der Waals surface area contributed by atoms with Crippen LogP contribution in [0.25, 0.3) is 11.1 Å². The highest BCUT2D eigenvalue weighted by atomic mass is 19.4. The van der Waals surface area contributed by atoms with Crippen LogP contribution in [0.15, 0.2) is 52.3 Å². The topological polar surface area (TPSA) is 101 Å². The number of likely N-dealkylation sites (N-methyl/N-ethyl adjacent to an activating group) is 1. The summed E-state index contributed by atoms with van der Waals surface area (Å²) < 4.78 is 56.0. The first-order valence-electron chi connectivity index (χ1n) is 11.5. The van der Waals surface area contributed by atoms with E-state index in [9.17, 15) is 27.6 Å². The van der Waals surface area contributed by atoms with Crippen LogP contribution in [0.1, 0.15) is 29.8 Å². The summed E-state index contributed by atoms with van der Waals surface area (Å²) in [6.45, 7) is 4.94. The van der Waals surface area contributed by atoms with E-state index >= 15 is 4.39 Å². The van der Waals surface area contributed by atoms with Gasteiger partial charge in [0.2, 0.25) is 11.1 Å². The number of nitrogens with zero attached hydrogens (tertiary/aromatic N) is 2. The van der Waals surface area contributed by atoms with E-state index in [4.69, 9.17) is 0 Å². The number of piperazine rings is 1. The minimum atomic E-state index is -4.95. The van der Waals surface area contributed by atoms with Crippen molar-refractivity contribution >= 4 is 17.3 Å². The predicted molar refractivity (Wildman–Crippen MR) is 131 cm³/mol. The van der Waals surface area contributed by atoms with Gasteiger partial charge in [-0.25, -0.2) is 4.39 Å². The molecule has 2 aromatic heterocycles. The fraction of sp³-hybridized carbons (Fsp3) is 0.320. The number of anilines is 2. The summed E-state index contributed by atoms with van der Waals surface area (Å²) in [5.74, 6) is -1.77. The number of hydrogen-bond donors (Lipinski definition) is 3. The number of aromatic nitrogens is 2. The van der Waals surface area contributed by atoms with Gasteiger partial charge in [0.15, 0.2) is 0 Å². The van der Waals surface area contributed by atoms with E-state index in [0.29, 0.717) is 36.6 Å². The minimum Gasteiger partial charge on any atom is -0.367 e. The molecule has 12 heteroatoms. The van der Waals surface area contributed by atoms with Crippen LogP contribution in [0.4, 0.5) is 28.9 Å². The molecule has 3 N–H and O–H groups in total. The average molecular weight is 519 g/mol. The summed E-state index contributed by atoms with van der Waals surface area (Å²) in [5.41, 5.74) is -2.87. The first-order valence-corrected chi connectivity index (χ1v) is 11.5. The Bertz CT molecular complexity index is 1420. The van der Waals surface area contributed by atoms with Crippen molar-refractivity contribution in [3.63, 3.8) is 0 Å². The molecule has 1 amide bonds. The smallest absolute Gasteiger partial charge is 0.367 e. The van der Waals surface area contributed by atoms with Crippen LogP contribution < -0.4 is 21.3 Å². The number of nitrogens with one attached hydrogen (secondary N) is 3. The first-order chi connectivity index (χ1) is 17.3. The van der Waals surface area contributed by atoms with Crippen LogP contribution in [0.3, 0.4) is 0 Å². The SMILES string of the molecule is CC1CN(c2cc(F)c(-c3ccc(=O)[nH]c3)cc2NC(=O)c2c[nH]c(=O)cc2C(F)(F)F)CC(C)N1C. The van der Waals surface area contributed by atoms with Gasteiger partial charge in [0.25, 0.3) is 5.91 Å². The Balaban J connectivity index is 1.82. The van der Waals surface area contributed by atoms with Crippen LogP contribution in [0.5, 0.6) is 0 Å². The Morgan fingerprint density at radius 1 is 1.00 bits per heavy atom. The monoisotopic (exact) mass is 519 g/mol. The number of aromatic amines is 2. The highest BCUT2D eigenvalue weighted by Crippen LogP contribution is 2.37. The van der Waals surface area contributed by atoms with Crippen molar-refractivity contribution in [2.75, 3.05) is 30.4 Å². The van der Waals surface area contributed by atoms with Crippen LogP contribution in [0.2, 0.25) is 0 Å². The van der Waals surface area contributed by atoms with Crippen molar-refractivity contribution in [2.45, 2.75) is 32.1 Å². The molecule has 1 aromatic carbocycles. The van der Waals surface area contributed by atoms with Gasteiger partial charge in [-0.15, -0.1) is 0 Å². The normalized spacial score (nSPS) is 18.6. The largest absolute Gasteiger partial charge is 0.417 e. The van der Waals surface area contributed by atoms with Gasteiger partial charge in [0.1, 0.15) is 5.82 Å². The number of carbonyl (C=O) groups excluding carboxylic acids is 1. The van der Waals surface area contributed by atoms with Crippen molar-refractivity contribution in [2.24, 2.45) is 0 Å². The van der Waals surface area contributed by atoms with E-state index in [1.807, 2.05) is 25.8 Å². The molecule has 2 unspecified atom stereocenters. The second kappa shape index (κ2) is 9.85. The standard InChI is InChI=1S/C25H25F4N5O3/c1-13-11-34(12-14(2)33(13)3)21-8-19(26)16(15-4-5-22(35)30-9-15)6-20(21)32-24(37)17-10-31-23(36)7-18(17)25(27,28)29/h4-10,13-14H,11-12H2,1-3H3,(H,30,35)(H,31,36)(H,32,37). The molecule has 37 heavy (non-hydrogen) atoms. The molecule has 3 heterocycles. The fourth-order valence-electron chi connectivity index (χ4n) is 4.41. The quantitative estimate of drug-likeness (QED) is 0.457. The lowest BCUT2D eigenvalue weighted by molar-refractivity contribution is -0.138. The highest BCUT2D eigenvalue weighted by Gasteiger charge is 2.36. The average Bonchev–Trinajstić information content (AvgIpc) is 2.83. The number of amides is 1. The van der Waals surface area contributed by atoms with Crippen LogP contribution in [0, 0.1) is 5.82 Å². The number of benzene rings is 1. The maximum Gasteiger partial charge on any atom is 0.417 e. The summed E-state index contributed by atoms with van der Waals surface area (Å²) in [4.78, 5) is 44.6. The lowest BCUT2D eigenvalue weighted by Gasteiger charge is -2.44. The van der Waals surface area contributed by atoms with E-state index in [1.165, 1.54) is 30.5 Å². The Morgan fingerprint density at radius 3 is 2.24 bits per heavy atom. The van der Waals surface area contributed by atoms with Crippen LogP contribution in [-0.4, -0.2) is 53.0 Å². The molecule has 8 nitrogen and oxygen atoms in total. The Morgan fingerprint density at radius 2 is 1.65 bits per heavy atom. The molecule has 0 aliphatic carbocycles. The zero-order valence-electron chi connectivity index (χ0n) is 20.2. The third kappa shape index (κ3) is 5.43. The molecular formula is C25H25F4N5O3. The molecule has 4 rings (SSSR count). The number of pyridine rings is 2. The van der Waals surface area contributed by atoms with Crippen molar-refractivity contribution in [1.29, 1.82) is 0 Å². The predicted octanol–water partition coefficient (Wildman–Crippen LogP) is 3.67. The summed E-state index contributed by atoms with van der Waals surface area (Å²) in [6.07, 6.45) is -2.95. The van der Waals surface area contributed by atoms with Gasteiger partial charge in [-0.3, -0.25) is 19.3 Å². The lowest BCUT2D eigenvalue weighted by atomic mass is 10.0. The third-order valence-corrected chi connectivity index (χ3v) is 6.60. The number of hydrogen-bond acceptors (Lipinski definition) is 5. The number of alkyl halides is 3. The van der Waals surface area contributed by atoms with Crippen molar-refractivity contribution in [3.8, 4) is 11.1 Å². The van der Waals surface area contributed by atoms with Crippen molar-refractivity contribution in [1.82, 2.24) is 14.9 Å². The van der Waals surface area contributed by atoms with E-state index in [-0.39, 0.29) is 23.3 Å². The Labute approximate surface area is 208 Å². The maximum atomic E-state index is 15.3. The van der Waals surface area contributed by atoms with Crippen LogP contribution >= 0.6 is 0 Å². The van der Waals surface area contributed by atoms with E-state index < -0.39 is 40.1 Å². The van der Waals surface area contributed by atoms with E-state index in [2.05, 4.69) is 20.2 Å². The van der Waals surface area contributed by atoms with Gasteiger partial charge in [0.05, 0.1) is 22.5 Å². The Hall–Kier alpha value is -3.93. The Kier molecular flexibility index (Phi) is 6.96. The second-order valence-electron chi connectivity index (χ2n) is 9.14. The van der Waals surface area contributed by atoms with Crippen molar-refractivity contribution in [3.05, 3.63) is 80.4 Å². The molecule has 1 fully saturated rings. The zero-order chi connectivity index (χ0) is 27.1. The maximum absolute atomic E-state index is 15.3. The molecule has 1 saturated heterocycles. The number of carbonyl (C=O) groups is 1. The molecule has 196 valence electrons. The number of H-pyrrole nitrogens is 2. The lowest BCUT2D eigenvalue weighted by Crippen LogP contribution is -2.55. The highest BCUT2D eigenvalue weighted by molar-refractivity contribution is 6.07. The molecule has 1 aliphatic rings. The summed E-state index contributed by atoms with van der Waals surface area (Å²) in [6, 6.07) is 5.61. The van der Waals surface area contributed by atoms with Gasteiger partial charge < -0.3 is 20.2 Å². The molecule has 0 radical (unpaired) electrons. The fourth-order valence-corrected chi connectivity index (χ4v) is 4.41. The molecule has 0 saturated carbocycles. The summed E-state index contributed by atoms with van der Waals surface area (Å²) >= 11 is 0. The zero-order valence-corrected chi connectivity index (χ0v) is 20.2. The number of rotatable bonds is 4. The molecule has 3 aromatic rings. The van der Waals surface area contributed by atoms with Gasteiger partial charge >= 0.3 is 6.18 Å². The molecule has 0 spiro atoms. The molecule has 2 atom stereocenters. The minimum absolute atomic E-state index is 0.0306. The second-order valence-corrected chi connectivity index (χ2v) is 9.14. The van der Waals surface area contributed by atoms with Gasteiger partial charge in [-0.2, -0.15) is 13.2 Å². The molecular weight excluding hydrogens is 494 g/mol. The summed E-state index contributed by atoms with van der Waals surface area (Å²) in [5, 5.41) is 2.49. The summed E-state index contributed by atoms with van der Waals surface area (Å²) in [7, 11) is 1.96. The van der Waals surface area contributed by atoms with Gasteiger partial charge in [0, 0.05) is 60.8 Å². The molecule has 0 bridgehead atoms. The van der Waals surface area contributed by atoms with E-state index in [1.54, 1.807) is 0 Å². The van der Waals surface area contributed by atoms with Gasteiger partial charge in [-0.05, 0) is 39.1 Å². The third-order valence-electron chi connectivity index (χ3n) is 6.60. The number of halogens is 4. The van der Waals surface area contributed by atoms with E-state index in [0.717, 1.165) is 0 Å². The molecule has 1 aliphatic heterocycles. The van der Waals surface area contributed by atoms with Crippen molar-refractivity contribution < 1.29 is 22.4 Å². The van der Waals surface area contributed by atoms with Gasteiger partial charge in [-0.1, -0.05) is 0 Å². The van der Waals surface area contributed by atoms with Crippen LogP contribution in [-0.2, 0) is 6.18 Å². The first kappa shape index (κ1) is 26.1.